The molecule has 6 N–H and O–H groups in total. The average molecular weight is 944 g/mol. The van der Waals surface area contributed by atoms with Crippen molar-refractivity contribution in [2.75, 3.05) is 93.3 Å². The highest BCUT2D eigenvalue weighted by molar-refractivity contribution is 7.99. The number of fused-ring (bicyclic) bond motifs is 1. The molecule has 4 aliphatic heterocycles. The minimum atomic E-state index is -0.818. The van der Waals surface area contributed by atoms with Gasteiger partial charge in [-0.3, -0.25) is 29.3 Å². The summed E-state index contributed by atoms with van der Waals surface area (Å²) in [6.07, 6.45) is 9.04. The van der Waals surface area contributed by atoms with E-state index >= 15 is 0 Å². The zero-order valence-electron chi connectivity index (χ0n) is 37.4. The first-order chi connectivity index (χ1) is 31.9. The fourth-order valence-corrected chi connectivity index (χ4v) is 10.4. The molecule has 8 rings (SSSR count). The molecule has 2 atom stereocenters. The van der Waals surface area contributed by atoms with E-state index in [-0.39, 0.29) is 54.4 Å². The Kier molecular flexibility index (Phi) is 15.4. The standard InChI is InChI=1S/C46H59ClN12O6S/c1-30-26-46(29-65-30)14-20-58(21-15-46)36-28-51-44(42(48)54-36)66-35-9-3-8-33(41(35)47)53-38(61)13-12-37(60)50-17-5-19-57-24-22-56(23-25-57)18-4-16-49-32-7-2-6-31-27-52-59(45(64)40(31)32)34-10-11-39(62)55-43(34)63/h2-3,6-9,27-28,30,34,49H,4-5,10-26,29H2,1H3,(H2,48,54)(H,50,60)(H,53,61)(H,55,62,63)/t30-,34?/m0/s1. The Balaban J connectivity index is 0.695. The molecule has 0 aliphatic carbocycles. The Morgan fingerprint density at radius 3 is 2.36 bits per heavy atom. The normalized spacial score (nSPS) is 20.1. The summed E-state index contributed by atoms with van der Waals surface area (Å²) in [6.45, 7) is 11.5. The van der Waals surface area contributed by atoms with Gasteiger partial charge in [-0.1, -0.05) is 41.6 Å². The van der Waals surface area contributed by atoms with Crippen LogP contribution in [0.4, 0.5) is 23.0 Å². The van der Waals surface area contributed by atoms with Crippen molar-refractivity contribution in [2.24, 2.45) is 5.41 Å². The number of ether oxygens (including phenoxy) is 1. The highest BCUT2D eigenvalue weighted by atomic mass is 35.5. The lowest BCUT2D eigenvalue weighted by Crippen LogP contribution is -2.47. The number of nitrogens with two attached hydrogens (primary N) is 1. The summed E-state index contributed by atoms with van der Waals surface area (Å²) in [7, 11) is 0. The smallest absolute Gasteiger partial charge is 0.277 e. The number of nitrogens with one attached hydrogen (secondary N) is 4. The molecule has 2 aromatic heterocycles. The largest absolute Gasteiger partial charge is 0.384 e. The molecule has 0 radical (unpaired) electrons. The van der Waals surface area contributed by atoms with E-state index < -0.39 is 11.9 Å². The van der Waals surface area contributed by atoms with Crippen molar-refractivity contribution in [3.05, 3.63) is 64.2 Å². The zero-order valence-corrected chi connectivity index (χ0v) is 38.9. The number of rotatable bonds is 17. The van der Waals surface area contributed by atoms with Crippen LogP contribution in [0.1, 0.15) is 70.8 Å². The number of carbonyl (C=O) groups is 4. The van der Waals surface area contributed by atoms with Gasteiger partial charge in [-0.2, -0.15) is 5.10 Å². The second-order valence-electron chi connectivity index (χ2n) is 17.8. The molecule has 0 bridgehead atoms. The number of hydrogen-bond acceptors (Lipinski definition) is 15. The monoisotopic (exact) mass is 942 g/mol. The van der Waals surface area contributed by atoms with E-state index in [9.17, 15) is 24.0 Å². The second kappa shape index (κ2) is 21.5. The lowest BCUT2D eigenvalue weighted by Gasteiger charge is -2.38. The fourth-order valence-electron chi connectivity index (χ4n) is 9.32. The van der Waals surface area contributed by atoms with Crippen molar-refractivity contribution in [1.29, 1.82) is 0 Å². The van der Waals surface area contributed by atoms with Crippen molar-refractivity contribution in [3.63, 3.8) is 0 Å². The molecule has 4 fully saturated rings. The van der Waals surface area contributed by atoms with Crippen LogP contribution in [-0.4, -0.2) is 131 Å². The van der Waals surface area contributed by atoms with Gasteiger partial charge in [0.2, 0.25) is 17.7 Å². The molecular weight excluding hydrogens is 884 g/mol. The molecule has 6 heterocycles. The van der Waals surface area contributed by atoms with E-state index in [2.05, 4.69) is 58.0 Å². The number of carbonyl (C=O) groups excluding carboxylic acids is 4. The Morgan fingerprint density at radius 2 is 1.65 bits per heavy atom. The van der Waals surface area contributed by atoms with Crippen LogP contribution in [-0.2, 0) is 23.9 Å². The fraction of sp³-hybridized carbons (Fsp3) is 0.522. The number of hydrogen-bond donors (Lipinski definition) is 5. The highest BCUT2D eigenvalue weighted by Crippen LogP contribution is 2.43. The van der Waals surface area contributed by atoms with Gasteiger partial charge in [-0.25, -0.2) is 14.6 Å². The summed E-state index contributed by atoms with van der Waals surface area (Å²) >= 11 is 8.02. The Labute approximate surface area is 393 Å². The van der Waals surface area contributed by atoms with Crippen molar-refractivity contribution < 1.29 is 23.9 Å². The lowest BCUT2D eigenvalue weighted by atomic mass is 9.77. The lowest BCUT2D eigenvalue weighted by molar-refractivity contribution is -0.136. The summed E-state index contributed by atoms with van der Waals surface area (Å²) in [5.41, 5.74) is 7.43. The van der Waals surface area contributed by atoms with Crippen LogP contribution in [0.15, 0.2) is 63.5 Å². The van der Waals surface area contributed by atoms with E-state index in [4.69, 9.17) is 22.1 Å². The zero-order chi connectivity index (χ0) is 46.2. The van der Waals surface area contributed by atoms with Gasteiger partial charge in [0.25, 0.3) is 11.5 Å². The number of piperidine rings is 2. The number of anilines is 4. The Bertz CT molecular complexity index is 2480. The van der Waals surface area contributed by atoms with E-state index in [1.807, 2.05) is 24.3 Å². The Hall–Kier alpha value is -5.34. The molecule has 18 nitrogen and oxygen atoms in total. The predicted octanol–water partition coefficient (Wildman–Crippen LogP) is 4.29. The minimum Gasteiger partial charge on any atom is -0.384 e. The topological polar surface area (TPSA) is 222 Å². The number of aromatic nitrogens is 4. The van der Waals surface area contributed by atoms with E-state index in [0.717, 1.165) is 96.9 Å². The van der Waals surface area contributed by atoms with E-state index in [1.165, 1.54) is 16.4 Å². The number of piperazine rings is 1. The summed E-state index contributed by atoms with van der Waals surface area (Å²) in [5.74, 6) is -0.264. The molecule has 4 amide bonds. The number of benzene rings is 2. The predicted molar refractivity (Wildman–Crippen MR) is 255 cm³/mol. The number of imide groups is 1. The molecule has 1 unspecified atom stereocenters. The van der Waals surface area contributed by atoms with Crippen LogP contribution in [0.25, 0.3) is 10.8 Å². The number of nitrogens with zero attached hydrogens (tertiary/aromatic N) is 7. The van der Waals surface area contributed by atoms with Crippen LogP contribution in [0.5, 0.6) is 0 Å². The van der Waals surface area contributed by atoms with Crippen LogP contribution < -0.4 is 37.5 Å². The quantitative estimate of drug-likeness (QED) is 0.0736. The molecule has 352 valence electrons. The maximum absolute atomic E-state index is 13.5. The third-order valence-corrected chi connectivity index (χ3v) is 14.7. The summed E-state index contributed by atoms with van der Waals surface area (Å²) in [4.78, 5) is 80.1. The highest BCUT2D eigenvalue weighted by Gasteiger charge is 2.41. The van der Waals surface area contributed by atoms with Gasteiger partial charge in [0, 0.05) is 87.6 Å². The van der Waals surface area contributed by atoms with Crippen LogP contribution in [0, 0.1) is 5.41 Å². The van der Waals surface area contributed by atoms with Gasteiger partial charge in [-0.05, 0) is 82.2 Å². The van der Waals surface area contributed by atoms with Gasteiger partial charge >= 0.3 is 0 Å². The molecule has 4 aromatic rings. The number of nitrogen functional groups attached to an aromatic ring is 1. The molecule has 20 heteroatoms. The van der Waals surface area contributed by atoms with Gasteiger partial charge in [0.15, 0.2) is 5.82 Å². The van der Waals surface area contributed by atoms with Crippen molar-refractivity contribution in [2.45, 2.75) is 86.8 Å². The molecular formula is C46H59ClN12O6S. The number of halogens is 1. The van der Waals surface area contributed by atoms with Crippen LogP contribution >= 0.6 is 23.4 Å². The minimum absolute atomic E-state index is 0.0181. The van der Waals surface area contributed by atoms with Crippen LogP contribution in [0.3, 0.4) is 0 Å². The second-order valence-corrected chi connectivity index (χ2v) is 19.2. The summed E-state index contributed by atoms with van der Waals surface area (Å²) < 4.78 is 7.06. The first-order valence-corrected chi connectivity index (χ1v) is 24.2. The molecule has 0 saturated carbocycles. The van der Waals surface area contributed by atoms with Crippen molar-refractivity contribution in [1.82, 2.24) is 40.2 Å². The molecule has 66 heavy (non-hydrogen) atoms. The Morgan fingerprint density at radius 1 is 0.939 bits per heavy atom. The average Bonchev–Trinajstić information content (AvgIpc) is 3.67. The van der Waals surface area contributed by atoms with Crippen LogP contribution in [0.2, 0.25) is 5.02 Å². The maximum Gasteiger partial charge on any atom is 0.277 e. The van der Waals surface area contributed by atoms with Crippen molar-refractivity contribution in [3.8, 4) is 0 Å². The first kappa shape index (κ1) is 47.2. The third-order valence-electron chi connectivity index (χ3n) is 13.1. The van der Waals surface area contributed by atoms with Gasteiger partial charge in [0.05, 0.1) is 41.2 Å². The molecule has 2 aromatic carbocycles. The molecule has 4 aliphatic rings. The molecule has 1 spiro atoms. The van der Waals surface area contributed by atoms with Gasteiger partial charge in [-0.15, -0.1) is 0 Å². The van der Waals surface area contributed by atoms with Gasteiger partial charge in [0.1, 0.15) is 16.9 Å². The molecule has 4 saturated heterocycles. The van der Waals surface area contributed by atoms with Gasteiger partial charge < -0.3 is 41.1 Å². The van der Waals surface area contributed by atoms with E-state index in [0.29, 0.717) is 62.1 Å². The summed E-state index contributed by atoms with van der Waals surface area (Å²) in [5, 5.41) is 17.8. The number of amides is 4. The third kappa shape index (κ3) is 11.6. The summed E-state index contributed by atoms with van der Waals surface area (Å²) in [6, 6.07) is 10.1. The SMILES string of the molecule is C[C@H]1CC2(CCN(c3cnc(Sc4cccc(NC(=O)CCC(=O)NCCCN5CCN(CCCNc6cccc7cnn(C8CCC(=O)NC8=O)c(=O)c67)CC5)c4Cl)c(N)n3)CC2)CO1. The first-order valence-electron chi connectivity index (χ1n) is 23.0. The van der Waals surface area contributed by atoms with Crippen molar-refractivity contribution >= 4 is 80.8 Å². The maximum atomic E-state index is 13.5. The van der Waals surface area contributed by atoms with E-state index in [1.54, 1.807) is 24.5 Å².